The van der Waals surface area contributed by atoms with Crippen molar-refractivity contribution in [2.45, 2.75) is 32.4 Å². The van der Waals surface area contributed by atoms with Crippen LogP contribution in [0.2, 0.25) is 0 Å². The van der Waals surface area contributed by atoms with Gasteiger partial charge < -0.3 is 10.0 Å². The van der Waals surface area contributed by atoms with Crippen molar-refractivity contribution < 1.29 is 10.0 Å². The maximum Gasteiger partial charge on any atom is 0.103 e. The Kier molecular flexibility index (Phi) is 3.75. The summed E-state index contributed by atoms with van der Waals surface area (Å²) in [6, 6.07) is 8.24. The van der Waals surface area contributed by atoms with Crippen LogP contribution in [0.3, 0.4) is 0 Å². The Balaban J connectivity index is 2.02. The van der Waals surface area contributed by atoms with Crippen LogP contribution in [0.4, 0.5) is 0 Å². The van der Waals surface area contributed by atoms with E-state index in [-0.39, 0.29) is 6.61 Å². The van der Waals surface area contributed by atoms with E-state index in [2.05, 4.69) is 12.1 Å². The second-order valence-corrected chi connectivity index (χ2v) is 4.41. The van der Waals surface area contributed by atoms with Crippen LogP contribution >= 0.6 is 0 Å². The molecule has 1 heterocycles. The van der Waals surface area contributed by atoms with Crippen molar-refractivity contribution in [3.05, 3.63) is 35.4 Å². The first kappa shape index (κ1) is 10.7. The molecule has 1 saturated heterocycles. The minimum Gasteiger partial charge on any atom is -0.392 e. The molecular formula is C13H20NO+. The third-order valence-corrected chi connectivity index (χ3v) is 3.29. The molecule has 1 aliphatic rings. The van der Waals surface area contributed by atoms with Gasteiger partial charge in [-0.1, -0.05) is 24.3 Å². The van der Waals surface area contributed by atoms with Gasteiger partial charge in [0.05, 0.1) is 19.7 Å². The van der Waals surface area contributed by atoms with Crippen LogP contribution in [-0.2, 0) is 13.2 Å². The van der Waals surface area contributed by atoms with Gasteiger partial charge in [-0.2, -0.15) is 0 Å². The lowest BCUT2D eigenvalue weighted by atomic mass is 10.1. The zero-order valence-electron chi connectivity index (χ0n) is 9.21. The van der Waals surface area contributed by atoms with Crippen molar-refractivity contribution in [1.29, 1.82) is 0 Å². The van der Waals surface area contributed by atoms with Crippen molar-refractivity contribution >= 4 is 0 Å². The summed E-state index contributed by atoms with van der Waals surface area (Å²) in [5, 5.41) is 9.24. The number of quaternary nitrogens is 1. The summed E-state index contributed by atoms with van der Waals surface area (Å²) in [6.07, 6.45) is 4.11. The fourth-order valence-corrected chi connectivity index (χ4v) is 2.38. The number of aliphatic hydroxyl groups excluding tert-OH is 1. The topological polar surface area (TPSA) is 24.7 Å². The SMILES string of the molecule is OCc1ccccc1C[NH+]1CCCCC1. The molecule has 0 radical (unpaired) electrons. The largest absolute Gasteiger partial charge is 0.392 e. The smallest absolute Gasteiger partial charge is 0.103 e. The third-order valence-electron chi connectivity index (χ3n) is 3.29. The normalized spacial score (nSPS) is 17.9. The zero-order valence-corrected chi connectivity index (χ0v) is 9.21. The van der Waals surface area contributed by atoms with E-state index < -0.39 is 0 Å². The maximum atomic E-state index is 9.24. The van der Waals surface area contributed by atoms with Gasteiger partial charge in [0.2, 0.25) is 0 Å². The van der Waals surface area contributed by atoms with Crippen LogP contribution in [0.5, 0.6) is 0 Å². The average Bonchev–Trinajstić information content (AvgIpc) is 2.31. The Morgan fingerprint density at radius 1 is 1.00 bits per heavy atom. The summed E-state index contributed by atoms with van der Waals surface area (Å²) in [5.41, 5.74) is 2.41. The van der Waals surface area contributed by atoms with E-state index in [1.807, 2.05) is 12.1 Å². The molecule has 82 valence electrons. The molecule has 1 aromatic rings. The van der Waals surface area contributed by atoms with Crippen LogP contribution in [0.15, 0.2) is 24.3 Å². The highest BCUT2D eigenvalue weighted by Gasteiger charge is 2.14. The van der Waals surface area contributed by atoms with Gasteiger partial charge >= 0.3 is 0 Å². The van der Waals surface area contributed by atoms with Crippen molar-refractivity contribution in [3.8, 4) is 0 Å². The van der Waals surface area contributed by atoms with Crippen LogP contribution < -0.4 is 4.90 Å². The number of benzene rings is 1. The van der Waals surface area contributed by atoms with Crippen molar-refractivity contribution in [2.24, 2.45) is 0 Å². The van der Waals surface area contributed by atoms with Crippen LogP contribution in [0, 0.1) is 0 Å². The predicted molar refractivity (Wildman–Crippen MR) is 60.6 cm³/mol. The van der Waals surface area contributed by atoms with Crippen molar-refractivity contribution in [1.82, 2.24) is 0 Å². The summed E-state index contributed by atoms with van der Waals surface area (Å²) < 4.78 is 0. The second-order valence-electron chi connectivity index (χ2n) is 4.41. The standard InChI is InChI=1S/C13H19NO/c15-11-13-7-3-2-6-12(13)10-14-8-4-1-5-9-14/h2-3,6-7,15H,1,4-5,8-11H2/p+1. The second kappa shape index (κ2) is 5.29. The molecule has 0 aliphatic carbocycles. The van der Waals surface area contributed by atoms with Gasteiger partial charge in [0, 0.05) is 5.56 Å². The van der Waals surface area contributed by atoms with E-state index in [1.54, 1.807) is 4.90 Å². The van der Waals surface area contributed by atoms with Crippen LogP contribution in [0.25, 0.3) is 0 Å². The van der Waals surface area contributed by atoms with E-state index in [0.717, 1.165) is 12.1 Å². The molecule has 0 atom stereocenters. The molecular weight excluding hydrogens is 186 g/mol. The predicted octanol–water partition coefficient (Wildman–Crippen LogP) is 0.748. The van der Waals surface area contributed by atoms with Crippen molar-refractivity contribution in [3.63, 3.8) is 0 Å². The number of nitrogens with one attached hydrogen (secondary N) is 1. The molecule has 1 aliphatic heterocycles. The molecule has 2 nitrogen and oxygen atoms in total. The molecule has 2 N–H and O–H groups in total. The van der Waals surface area contributed by atoms with E-state index in [9.17, 15) is 5.11 Å². The van der Waals surface area contributed by atoms with Crippen LogP contribution in [0.1, 0.15) is 30.4 Å². The molecule has 2 heteroatoms. The molecule has 0 bridgehead atoms. The number of hydrogen-bond acceptors (Lipinski definition) is 1. The Labute approximate surface area is 91.5 Å². The van der Waals surface area contributed by atoms with E-state index >= 15 is 0 Å². The lowest BCUT2D eigenvalue weighted by Crippen LogP contribution is -3.11. The monoisotopic (exact) mass is 206 g/mol. The Hall–Kier alpha value is -0.860. The number of rotatable bonds is 3. The Morgan fingerprint density at radius 3 is 2.33 bits per heavy atom. The quantitative estimate of drug-likeness (QED) is 0.749. The Morgan fingerprint density at radius 2 is 1.67 bits per heavy atom. The molecule has 15 heavy (non-hydrogen) atoms. The van der Waals surface area contributed by atoms with E-state index in [1.165, 1.54) is 37.9 Å². The molecule has 1 aromatic carbocycles. The van der Waals surface area contributed by atoms with Gasteiger partial charge in [-0.05, 0) is 24.8 Å². The highest BCUT2D eigenvalue weighted by Crippen LogP contribution is 2.07. The van der Waals surface area contributed by atoms with Gasteiger partial charge in [-0.15, -0.1) is 0 Å². The van der Waals surface area contributed by atoms with Gasteiger partial charge in [0.15, 0.2) is 0 Å². The highest BCUT2D eigenvalue weighted by atomic mass is 16.3. The summed E-state index contributed by atoms with van der Waals surface area (Å²) in [7, 11) is 0. The van der Waals surface area contributed by atoms with E-state index in [0.29, 0.717) is 0 Å². The molecule has 0 aromatic heterocycles. The minimum atomic E-state index is 0.170. The summed E-state index contributed by atoms with van der Waals surface area (Å²) >= 11 is 0. The molecule has 0 spiro atoms. The first-order chi connectivity index (χ1) is 7.40. The maximum absolute atomic E-state index is 9.24. The Bertz CT molecular complexity index is 305. The molecule has 0 amide bonds. The average molecular weight is 206 g/mol. The highest BCUT2D eigenvalue weighted by molar-refractivity contribution is 5.25. The van der Waals surface area contributed by atoms with E-state index in [4.69, 9.17) is 0 Å². The van der Waals surface area contributed by atoms with Gasteiger partial charge in [0.25, 0.3) is 0 Å². The third kappa shape index (κ3) is 2.80. The summed E-state index contributed by atoms with van der Waals surface area (Å²) in [5.74, 6) is 0. The lowest BCUT2D eigenvalue weighted by molar-refractivity contribution is -0.918. The van der Waals surface area contributed by atoms with Crippen molar-refractivity contribution in [2.75, 3.05) is 13.1 Å². The van der Waals surface area contributed by atoms with Gasteiger partial charge in [0.1, 0.15) is 6.54 Å². The summed E-state index contributed by atoms with van der Waals surface area (Å²) in [6.45, 7) is 3.83. The number of piperidine rings is 1. The molecule has 1 fully saturated rings. The number of hydrogen-bond donors (Lipinski definition) is 2. The fraction of sp³-hybridized carbons (Fsp3) is 0.538. The van der Waals surface area contributed by atoms with Gasteiger partial charge in [-0.25, -0.2) is 0 Å². The first-order valence-electron chi connectivity index (χ1n) is 5.91. The number of aliphatic hydroxyl groups is 1. The molecule has 0 saturated carbocycles. The molecule has 2 rings (SSSR count). The minimum absolute atomic E-state index is 0.170. The lowest BCUT2D eigenvalue weighted by Gasteiger charge is -2.24. The summed E-state index contributed by atoms with van der Waals surface area (Å²) in [4.78, 5) is 1.67. The first-order valence-corrected chi connectivity index (χ1v) is 5.91. The van der Waals surface area contributed by atoms with Crippen LogP contribution in [-0.4, -0.2) is 18.2 Å². The van der Waals surface area contributed by atoms with Gasteiger partial charge in [-0.3, -0.25) is 0 Å². The number of likely N-dealkylation sites (tertiary alicyclic amines) is 1. The molecule has 0 unspecified atom stereocenters. The fourth-order valence-electron chi connectivity index (χ4n) is 2.38. The zero-order chi connectivity index (χ0) is 10.5.